The van der Waals surface area contributed by atoms with Gasteiger partial charge >= 0.3 is 6.09 Å². The second-order valence-electron chi connectivity index (χ2n) is 4.30. The smallest absolute Gasteiger partial charge is 0.407 e. The Hall–Kier alpha value is -1.43. The van der Waals surface area contributed by atoms with Crippen molar-refractivity contribution in [1.82, 2.24) is 15.3 Å². The highest BCUT2D eigenvalue weighted by Gasteiger charge is 2.16. The lowest BCUT2D eigenvalue weighted by Crippen LogP contribution is -2.32. The quantitative estimate of drug-likeness (QED) is 0.887. The van der Waals surface area contributed by atoms with Crippen LogP contribution in [0.1, 0.15) is 26.5 Å². The fraction of sp³-hybridized carbons (Fsp3) is 0.500. The average molecular weight is 262 g/mol. The van der Waals surface area contributed by atoms with Gasteiger partial charge in [-0.25, -0.2) is 14.8 Å². The summed E-state index contributed by atoms with van der Waals surface area (Å²) in [7, 11) is 0. The molecule has 17 heavy (non-hydrogen) atoms. The van der Waals surface area contributed by atoms with Crippen LogP contribution < -0.4 is 5.32 Å². The Labute approximate surface area is 103 Å². The van der Waals surface area contributed by atoms with Crippen LogP contribution in [0.15, 0.2) is 6.20 Å². The fourth-order valence-electron chi connectivity index (χ4n) is 0.948. The van der Waals surface area contributed by atoms with E-state index in [2.05, 4.69) is 15.3 Å². The van der Waals surface area contributed by atoms with E-state index in [-0.39, 0.29) is 17.4 Å². The van der Waals surface area contributed by atoms with E-state index in [1.54, 1.807) is 20.8 Å². The van der Waals surface area contributed by atoms with Crippen LogP contribution in [0.3, 0.4) is 0 Å². The highest BCUT2D eigenvalue weighted by molar-refractivity contribution is 6.29. The summed E-state index contributed by atoms with van der Waals surface area (Å²) in [4.78, 5) is 18.4. The number of ether oxygens (including phenoxy) is 1. The number of rotatable bonds is 2. The molecule has 1 rings (SSSR count). The summed E-state index contributed by atoms with van der Waals surface area (Å²) in [5.74, 6) is -0.866. The molecule has 1 amide bonds. The summed E-state index contributed by atoms with van der Waals surface area (Å²) >= 11 is 5.37. The lowest BCUT2D eigenvalue weighted by Gasteiger charge is -2.19. The van der Waals surface area contributed by atoms with Crippen LogP contribution in [0.4, 0.5) is 9.18 Å². The maximum Gasteiger partial charge on any atom is 0.407 e. The van der Waals surface area contributed by atoms with Crippen LogP contribution >= 0.6 is 11.6 Å². The van der Waals surface area contributed by atoms with Crippen molar-refractivity contribution in [2.45, 2.75) is 32.9 Å². The van der Waals surface area contributed by atoms with Crippen LogP contribution in [-0.4, -0.2) is 21.7 Å². The first-order valence-electron chi connectivity index (χ1n) is 4.92. The minimum atomic E-state index is -0.866. The zero-order valence-corrected chi connectivity index (χ0v) is 10.5. The van der Waals surface area contributed by atoms with Crippen LogP contribution in [-0.2, 0) is 11.3 Å². The highest BCUT2D eigenvalue weighted by Crippen LogP contribution is 2.09. The van der Waals surface area contributed by atoms with E-state index in [9.17, 15) is 9.18 Å². The summed E-state index contributed by atoms with van der Waals surface area (Å²) in [6.07, 6.45) is 0.678. The molecule has 0 atom stereocenters. The summed E-state index contributed by atoms with van der Waals surface area (Å²) in [5, 5.41) is 2.13. The Kier molecular flexibility index (Phi) is 4.22. The molecule has 0 aliphatic carbocycles. The Balaban J connectivity index is 2.50. The molecule has 0 bridgehead atoms. The Morgan fingerprint density at radius 2 is 2.24 bits per heavy atom. The molecule has 0 aromatic carbocycles. The van der Waals surface area contributed by atoms with Crippen LogP contribution in [0.5, 0.6) is 0 Å². The first-order valence-corrected chi connectivity index (χ1v) is 5.29. The number of hydrogen-bond donors (Lipinski definition) is 1. The molecule has 94 valence electrons. The Bertz CT molecular complexity index is 421. The summed E-state index contributed by atoms with van der Waals surface area (Å²) in [5.41, 5.74) is -0.321. The largest absolute Gasteiger partial charge is 0.444 e. The van der Waals surface area contributed by atoms with Gasteiger partial charge in [-0.1, -0.05) is 11.6 Å². The standard InChI is InChI=1S/C10H13ClFN3O2/c1-10(2,3)17-9(16)14-5-6-4-13-7(11)8(12)15-6/h4H,5H2,1-3H3,(H,14,16). The van der Waals surface area contributed by atoms with E-state index in [0.29, 0.717) is 0 Å². The number of hydrogen-bond acceptors (Lipinski definition) is 4. The molecule has 1 aromatic rings. The third-order valence-corrected chi connectivity index (χ3v) is 1.81. The summed E-state index contributed by atoms with van der Waals surface area (Å²) in [6.45, 7) is 5.26. The molecule has 5 nitrogen and oxygen atoms in total. The zero-order chi connectivity index (χ0) is 13.1. The van der Waals surface area contributed by atoms with Gasteiger partial charge in [0.15, 0.2) is 5.15 Å². The first kappa shape index (κ1) is 13.6. The van der Waals surface area contributed by atoms with Gasteiger partial charge in [0.05, 0.1) is 18.4 Å². The number of aromatic nitrogens is 2. The van der Waals surface area contributed by atoms with E-state index in [0.717, 1.165) is 0 Å². The number of alkyl carbamates (subject to hydrolysis) is 1. The molecule has 1 N–H and O–H groups in total. The van der Waals surface area contributed by atoms with E-state index in [1.165, 1.54) is 6.20 Å². The third kappa shape index (κ3) is 4.95. The monoisotopic (exact) mass is 261 g/mol. The summed E-state index contributed by atoms with van der Waals surface area (Å²) < 4.78 is 17.9. The van der Waals surface area contributed by atoms with Gasteiger partial charge < -0.3 is 10.1 Å². The molecular weight excluding hydrogens is 249 g/mol. The van der Waals surface area contributed by atoms with Gasteiger partial charge in [0.1, 0.15) is 5.60 Å². The number of nitrogens with one attached hydrogen (secondary N) is 1. The number of carbonyl (C=O) groups is 1. The van der Waals surface area contributed by atoms with E-state index < -0.39 is 17.6 Å². The average Bonchev–Trinajstić information content (AvgIpc) is 2.17. The number of carbonyl (C=O) groups excluding carboxylic acids is 1. The minimum absolute atomic E-state index is 0.0238. The highest BCUT2D eigenvalue weighted by atomic mass is 35.5. The lowest BCUT2D eigenvalue weighted by molar-refractivity contribution is 0.0522. The van der Waals surface area contributed by atoms with Crippen LogP contribution in [0, 0.1) is 5.95 Å². The van der Waals surface area contributed by atoms with Crippen molar-refractivity contribution in [3.8, 4) is 0 Å². The van der Waals surface area contributed by atoms with Crippen molar-refractivity contribution in [1.29, 1.82) is 0 Å². The maximum absolute atomic E-state index is 12.9. The number of nitrogens with zero attached hydrogens (tertiary/aromatic N) is 2. The molecule has 0 radical (unpaired) electrons. The molecule has 0 aliphatic heterocycles. The zero-order valence-electron chi connectivity index (χ0n) is 9.75. The van der Waals surface area contributed by atoms with Gasteiger partial charge in [0, 0.05) is 0 Å². The first-order chi connectivity index (χ1) is 7.78. The topological polar surface area (TPSA) is 64.1 Å². The van der Waals surface area contributed by atoms with Gasteiger partial charge in [-0.05, 0) is 20.8 Å². The SMILES string of the molecule is CC(C)(C)OC(=O)NCc1cnc(Cl)c(F)n1. The molecule has 1 heterocycles. The van der Waals surface area contributed by atoms with Crippen molar-refractivity contribution in [2.75, 3.05) is 0 Å². The van der Waals surface area contributed by atoms with Gasteiger partial charge in [0.25, 0.3) is 5.95 Å². The second kappa shape index (κ2) is 5.27. The predicted octanol–water partition coefficient (Wildman–Crippen LogP) is 2.29. The van der Waals surface area contributed by atoms with Crippen molar-refractivity contribution < 1.29 is 13.9 Å². The van der Waals surface area contributed by atoms with Gasteiger partial charge in [-0.15, -0.1) is 0 Å². The molecule has 0 spiro atoms. The molecule has 7 heteroatoms. The molecule has 0 saturated heterocycles. The van der Waals surface area contributed by atoms with Crippen molar-refractivity contribution in [3.63, 3.8) is 0 Å². The number of amides is 1. The third-order valence-electron chi connectivity index (χ3n) is 1.55. The maximum atomic E-state index is 12.9. The molecule has 0 unspecified atom stereocenters. The molecule has 1 aromatic heterocycles. The van der Waals surface area contributed by atoms with Crippen LogP contribution in [0.25, 0.3) is 0 Å². The molecule has 0 fully saturated rings. The molecular formula is C10H13ClFN3O2. The molecule has 0 aliphatic rings. The molecule has 0 saturated carbocycles. The van der Waals surface area contributed by atoms with E-state index in [4.69, 9.17) is 16.3 Å². The van der Waals surface area contributed by atoms with Crippen molar-refractivity contribution in [2.24, 2.45) is 0 Å². The number of halogens is 2. The van der Waals surface area contributed by atoms with Gasteiger partial charge in [0.2, 0.25) is 0 Å². The van der Waals surface area contributed by atoms with Crippen molar-refractivity contribution in [3.05, 3.63) is 23.0 Å². The Morgan fingerprint density at radius 3 is 2.76 bits per heavy atom. The van der Waals surface area contributed by atoms with Gasteiger partial charge in [-0.2, -0.15) is 4.39 Å². The van der Waals surface area contributed by atoms with E-state index >= 15 is 0 Å². The van der Waals surface area contributed by atoms with Gasteiger partial charge in [-0.3, -0.25) is 0 Å². The summed E-state index contributed by atoms with van der Waals surface area (Å²) in [6, 6.07) is 0. The minimum Gasteiger partial charge on any atom is -0.444 e. The fourth-order valence-corrected chi connectivity index (χ4v) is 1.04. The van der Waals surface area contributed by atoms with Crippen LogP contribution in [0.2, 0.25) is 5.15 Å². The van der Waals surface area contributed by atoms with Crippen molar-refractivity contribution >= 4 is 17.7 Å². The Morgan fingerprint density at radius 1 is 1.59 bits per heavy atom. The normalized spacial score (nSPS) is 11.1. The second-order valence-corrected chi connectivity index (χ2v) is 4.66. The van der Waals surface area contributed by atoms with E-state index in [1.807, 2.05) is 0 Å². The lowest BCUT2D eigenvalue weighted by atomic mass is 10.2. The predicted molar refractivity (Wildman–Crippen MR) is 60.1 cm³/mol.